The summed E-state index contributed by atoms with van der Waals surface area (Å²) < 4.78 is 5.54. The zero-order chi connectivity index (χ0) is 23.7. The van der Waals surface area contributed by atoms with Crippen LogP contribution >= 0.6 is 11.6 Å². The highest BCUT2D eigenvalue weighted by Crippen LogP contribution is 2.52. The molecule has 34 heavy (non-hydrogen) atoms. The largest absolute Gasteiger partial charge is 0.445 e. The molecule has 1 N–H and O–H groups in total. The van der Waals surface area contributed by atoms with Crippen molar-refractivity contribution < 1.29 is 19.1 Å². The number of fused-ring (bicyclic) bond motifs is 2. The van der Waals surface area contributed by atoms with Crippen LogP contribution in [-0.4, -0.2) is 62.3 Å². The molecule has 2 atom stereocenters. The second kappa shape index (κ2) is 9.21. The van der Waals surface area contributed by atoms with E-state index in [9.17, 15) is 14.4 Å². The van der Waals surface area contributed by atoms with Crippen LogP contribution in [0.15, 0.2) is 42.7 Å². The Balaban J connectivity index is 1.20. The Hall–Kier alpha value is -3.20. The second-order valence-corrected chi connectivity index (χ2v) is 9.44. The van der Waals surface area contributed by atoms with E-state index in [0.29, 0.717) is 25.1 Å². The first-order chi connectivity index (χ1) is 16.5. The van der Waals surface area contributed by atoms with Crippen LogP contribution in [0.2, 0.25) is 5.15 Å². The Kier molecular flexibility index (Phi) is 6.12. The van der Waals surface area contributed by atoms with Crippen LogP contribution < -0.4 is 5.32 Å². The molecule has 0 bridgehead atoms. The molecule has 1 aliphatic carbocycles. The Morgan fingerprint density at radius 3 is 2.65 bits per heavy atom. The van der Waals surface area contributed by atoms with Crippen LogP contribution in [0.25, 0.3) is 0 Å². The smallest absolute Gasteiger partial charge is 0.411 e. The number of benzene rings is 1. The zero-order valence-electron chi connectivity index (χ0n) is 18.7. The molecule has 2 aliphatic heterocycles. The summed E-state index contributed by atoms with van der Waals surface area (Å²) >= 11 is 6.02. The molecule has 2 unspecified atom stereocenters. The summed E-state index contributed by atoms with van der Waals surface area (Å²) in [4.78, 5) is 50.3. The molecule has 10 heteroatoms. The van der Waals surface area contributed by atoms with Gasteiger partial charge in [-0.15, -0.1) is 0 Å². The topological polar surface area (TPSA) is 105 Å². The second-order valence-electron chi connectivity index (χ2n) is 9.08. The third-order valence-electron chi connectivity index (χ3n) is 7.07. The lowest BCUT2D eigenvalue weighted by atomic mass is 9.84. The molecule has 0 radical (unpaired) electrons. The number of amides is 3. The number of piperidine rings is 1. The summed E-state index contributed by atoms with van der Waals surface area (Å²) in [5.41, 5.74) is 1.03. The summed E-state index contributed by atoms with van der Waals surface area (Å²) in [6.07, 6.45) is 5.55. The van der Waals surface area contributed by atoms with E-state index in [-0.39, 0.29) is 54.2 Å². The Labute approximate surface area is 202 Å². The van der Waals surface area contributed by atoms with Crippen LogP contribution in [0.3, 0.4) is 0 Å². The number of nitrogens with one attached hydrogen (secondary N) is 1. The number of nitrogens with zero attached hydrogens (tertiary/aromatic N) is 4. The maximum absolute atomic E-state index is 13.0. The summed E-state index contributed by atoms with van der Waals surface area (Å²) in [6, 6.07) is 9.40. The van der Waals surface area contributed by atoms with Gasteiger partial charge in [-0.3, -0.25) is 19.5 Å². The van der Waals surface area contributed by atoms with E-state index in [1.165, 1.54) is 12.4 Å². The van der Waals surface area contributed by atoms with Gasteiger partial charge in [0.05, 0.1) is 29.7 Å². The van der Waals surface area contributed by atoms with Gasteiger partial charge in [0, 0.05) is 18.9 Å². The van der Waals surface area contributed by atoms with Crippen LogP contribution in [0.1, 0.15) is 36.9 Å². The minimum absolute atomic E-state index is 0.0202. The fourth-order valence-electron chi connectivity index (χ4n) is 5.14. The van der Waals surface area contributed by atoms with Crippen molar-refractivity contribution in [3.63, 3.8) is 0 Å². The van der Waals surface area contributed by atoms with Gasteiger partial charge < -0.3 is 15.0 Å². The molecule has 3 amide bonds. The van der Waals surface area contributed by atoms with Gasteiger partial charge in [-0.2, -0.15) is 0 Å². The number of rotatable bonds is 5. The highest BCUT2D eigenvalue weighted by molar-refractivity contribution is 6.30. The number of halogens is 1. The highest BCUT2D eigenvalue weighted by atomic mass is 35.5. The SMILES string of the molecule is O=C(NCc1nccnc1Cl)C1CCC2N(C1)C(=O)CN(C(=O)OCc1ccccc1)C21CC1. The van der Waals surface area contributed by atoms with Crippen LogP contribution in [0.5, 0.6) is 0 Å². The van der Waals surface area contributed by atoms with Crippen LogP contribution in [0.4, 0.5) is 4.79 Å². The number of aromatic nitrogens is 2. The molecule has 178 valence electrons. The number of hydrogen-bond acceptors (Lipinski definition) is 6. The molecule has 3 heterocycles. The molecule has 2 aromatic rings. The van der Waals surface area contributed by atoms with Crippen molar-refractivity contribution >= 4 is 29.5 Å². The lowest BCUT2D eigenvalue weighted by Crippen LogP contribution is -2.67. The van der Waals surface area contributed by atoms with Crippen molar-refractivity contribution in [3.8, 4) is 0 Å². The van der Waals surface area contributed by atoms with Gasteiger partial charge in [-0.05, 0) is 31.2 Å². The van der Waals surface area contributed by atoms with Crippen molar-refractivity contribution in [2.24, 2.45) is 5.92 Å². The van der Waals surface area contributed by atoms with Crippen molar-refractivity contribution in [2.75, 3.05) is 13.1 Å². The van der Waals surface area contributed by atoms with Gasteiger partial charge in [0.2, 0.25) is 11.8 Å². The van der Waals surface area contributed by atoms with Gasteiger partial charge in [-0.25, -0.2) is 9.78 Å². The van der Waals surface area contributed by atoms with Crippen molar-refractivity contribution in [2.45, 2.75) is 50.4 Å². The minimum Gasteiger partial charge on any atom is -0.445 e. The molecule has 9 nitrogen and oxygen atoms in total. The Morgan fingerprint density at radius 2 is 1.91 bits per heavy atom. The molecule has 3 aliphatic rings. The van der Waals surface area contributed by atoms with Crippen LogP contribution in [-0.2, 0) is 27.5 Å². The number of piperazine rings is 1. The number of ether oxygens (including phenoxy) is 1. The quantitative estimate of drug-likeness (QED) is 0.700. The van der Waals surface area contributed by atoms with Gasteiger partial charge in [0.25, 0.3) is 0 Å². The van der Waals surface area contributed by atoms with E-state index >= 15 is 0 Å². The van der Waals surface area contributed by atoms with Gasteiger partial charge in [0.15, 0.2) is 5.15 Å². The van der Waals surface area contributed by atoms with E-state index in [0.717, 1.165) is 18.4 Å². The number of hydrogen-bond donors (Lipinski definition) is 1. The molecular weight excluding hydrogens is 458 g/mol. The first-order valence-electron chi connectivity index (χ1n) is 11.5. The van der Waals surface area contributed by atoms with E-state index in [4.69, 9.17) is 16.3 Å². The molecular formula is C24H26ClN5O4. The molecule has 3 fully saturated rings. The van der Waals surface area contributed by atoms with E-state index in [1.807, 2.05) is 30.3 Å². The third kappa shape index (κ3) is 4.32. The summed E-state index contributed by atoms with van der Waals surface area (Å²) in [6.45, 7) is 0.684. The lowest BCUT2D eigenvalue weighted by molar-refractivity contribution is -0.150. The fourth-order valence-corrected chi connectivity index (χ4v) is 5.31. The van der Waals surface area contributed by atoms with Gasteiger partial charge in [-0.1, -0.05) is 41.9 Å². The monoisotopic (exact) mass is 483 g/mol. The van der Waals surface area contributed by atoms with Crippen LogP contribution in [0, 0.1) is 5.92 Å². The predicted octanol–water partition coefficient (Wildman–Crippen LogP) is 2.54. The average Bonchev–Trinajstić information content (AvgIpc) is 3.66. The minimum atomic E-state index is -0.449. The maximum atomic E-state index is 13.0. The molecule has 1 spiro atoms. The normalized spacial score (nSPS) is 22.8. The molecule has 1 aromatic carbocycles. The van der Waals surface area contributed by atoms with Crippen molar-refractivity contribution in [1.29, 1.82) is 0 Å². The van der Waals surface area contributed by atoms with Gasteiger partial charge in [0.1, 0.15) is 13.2 Å². The van der Waals surface area contributed by atoms with E-state index < -0.39 is 6.09 Å². The summed E-state index contributed by atoms with van der Waals surface area (Å²) in [5.74, 6) is -0.598. The lowest BCUT2D eigenvalue weighted by Gasteiger charge is -2.51. The van der Waals surface area contributed by atoms with Crippen molar-refractivity contribution in [3.05, 3.63) is 59.1 Å². The average molecular weight is 484 g/mol. The maximum Gasteiger partial charge on any atom is 0.411 e. The molecule has 5 rings (SSSR count). The molecule has 1 aromatic heterocycles. The van der Waals surface area contributed by atoms with E-state index in [1.54, 1.807) is 9.80 Å². The summed E-state index contributed by atoms with van der Waals surface area (Å²) in [5, 5.41) is 3.12. The Morgan fingerprint density at radius 1 is 1.15 bits per heavy atom. The number of carbonyl (C=O) groups excluding carboxylic acids is 3. The standard InChI is InChI=1S/C24H26ClN5O4/c25-21-18(26-10-11-27-21)12-28-22(32)17-6-7-19-24(8-9-24)30(14-20(31)29(19)13-17)23(33)34-15-16-4-2-1-3-5-16/h1-5,10-11,17,19H,6-9,12-15H2,(H,28,32). The Bertz CT molecular complexity index is 1090. The first kappa shape index (κ1) is 22.6. The van der Waals surface area contributed by atoms with E-state index in [2.05, 4.69) is 15.3 Å². The zero-order valence-corrected chi connectivity index (χ0v) is 19.4. The fraction of sp³-hybridized carbons (Fsp3) is 0.458. The summed E-state index contributed by atoms with van der Waals surface area (Å²) in [7, 11) is 0. The third-order valence-corrected chi connectivity index (χ3v) is 7.38. The highest BCUT2D eigenvalue weighted by Gasteiger charge is 2.62. The molecule has 1 saturated carbocycles. The van der Waals surface area contributed by atoms with Crippen molar-refractivity contribution in [1.82, 2.24) is 25.1 Å². The number of carbonyl (C=O) groups is 3. The first-order valence-corrected chi connectivity index (χ1v) is 11.9. The predicted molar refractivity (Wildman–Crippen MR) is 122 cm³/mol. The molecule has 2 saturated heterocycles. The van der Waals surface area contributed by atoms with Gasteiger partial charge >= 0.3 is 6.09 Å².